The van der Waals surface area contributed by atoms with Crippen molar-refractivity contribution in [3.8, 4) is 5.69 Å². The number of halogens is 1. The minimum Gasteiger partial charge on any atom is -0.392 e. The molecule has 0 aliphatic carbocycles. The van der Waals surface area contributed by atoms with E-state index in [0.717, 1.165) is 65.9 Å². The summed E-state index contributed by atoms with van der Waals surface area (Å²) >= 11 is 6.07. The maximum absolute atomic E-state index is 9.26. The lowest BCUT2D eigenvalue weighted by Crippen LogP contribution is -2.16. The molecule has 0 fully saturated rings. The Kier molecular flexibility index (Phi) is 8.26. The van der Waals surface area contributed by atoms with Crippen LogP contribution in [0, 0.1) is 0 Å². The van der Waals surface area contributed by atoms with Gasteiger partial charge in [-0.3, -0.25) is 9.67 Å². The van der Waals surface area contributed by atoms with E-state index >= 15 is 0 Å². The second kappa shape index (κ2) is 11.8. The van der Waals surface area contributed by atoms with E-state index in [9.17, 15) is 5.11 Å². The molecule has 0 amide bonds. The van der Waals surface area contributed by atoms with Gasteiger partial charge in [0.05, 0.1) is 30.6 Å². The Morgan fingerprint density at radius 1 is 1.00 bits per heavy atom. The van der Waals surface area contributed by atoms with Gasteiger partial charge in [-0.1, -0.05) is 17.7 Å². The summed E-state index contributed by atoms with van der Waals surface area (Å²) in [5, 5.41) is 32.7. The minimum absolute atomic E-state index is 0.000235. The van der Waals surface area contributed by atoms with Crippen LogP contribution in [0.4, 0.5) is 5.69 Å². The van der Waals surface area contributed by atoms with Crippen LogP contribution in [0.1, 0.15) is 24.0 Å². The van der Waals surface area contributed by atoms with Crippen LogP contribution in [-0.4, -0.2) is 56.4 Å². The number of unbranched alkanes of at least 4 members (excludes halogenated alkanes) is 1. The lowest BCUT2D eigenvalue weighted by Gasteiger charge is -2.11. The first-order valence-electron chi connectivity index (χ1n) is 11.0. The van der Waals surface area contributed by atoms with E-state index in [1.165, 1.54) is 0 Å². The van der Waals surface area contributed by atoms with Crippen molar-refractivity contribution >= 4 is 28.2 Å². The SMILES string of the molecule is OCc1cc(Cl)cc(CNCCCCOCCNc2cc(-n3cnnc3)cc3[nH]ncc23)c1. The van der Waals surface area contributed by atoms with Gasteiger partial charge in [0.25, 0.3) is 0 Å². The molecule has 0 saturated carbocycles. The standard InChI is InChI=1S/C23H28ClN7O2/c24-19-8-17(7-18(9-19)14-32)12-25-3-1-2-5-33-6-4-26-22-10-20(31-15-28-29-16-31)11-23-21(22)13-27-30-23/h7-11,13,15-16,25-26,32H,1-6,12,14H2,(H,27,30). The molecule has 10 heteroatoms. The minimum atomic E-state index is 0.000235. The largest absolute Gasteiger partial charge is 0.392 e. The molecule has 0 unspecified atom stereocenters. The topological polar surface area (TPSA) is 113 Å². The van der Waals surface area contributed by atoms with E-state index in [2.05, 4.69) is 37.1 Å². The number of nitrogens with one attached hydrogen (secondary N) is 3. The number of H-pyrrole nitrogens is 1. The van der Waals surface area contributed by atoms with Crippen molar-refractivity contribution in [3.63, 3.8) is 0 Å². The van der Waals surface area contributed by atoms with Crippen LogP contribution in [0.25, 0.3) is 16.6 Å². The maximum Gasteiger partial charge on any atom is 0.123 e. The second-order valence-corrected chi connectivity index (χ2v) is 8.18. The summed E-state index contributed by atoms with van der Waals surface area (Å²) in [7, 11) is 0. The molecule has 0 bridgehead atoms. The number of hydrogen-bond acceptors (Lipinski definition) is 7. The molecule has 0 radical (unpaired) electrons. The number of fused-ring (bicyclic) bond motifs is 1. The highest BCUT2D eigenvalue weighted by Gasteiger charge is 2.07. The predicted octanol–water partition coefficient (Wildman–Crippen LogP) is 3.29. The first kappa shape index (κ1) is 23.2. The van der Waals surface area contributed by atoms with Crippen molar-refractivity contribution in [2.45, 2.75) is 26.0 Å². The molecule has 0 aliphatic rings. The quantitative estimate of drug-likeness (QED) is 0.222. The van der Waals surface area contributed by atoms with Crippen molar-refractivity contribution in [2.75, 3.05) is 31.6 Å². The molecule has 0 spiro atoms. The number of nitrogens with zero attached hydrogens (tertiary/aromatic N) is 4. The zero-order chi connectivity index (χ0) is 22.9. The maximum atomic E-state index is 9.26. The Labute approximate surface area is 197 Å². The third-order valence-electron chi connectivity index (χ3n) is 5.24. The summed E-state index contributed by atoms with van der Waals surface area (Å²) in [5.74, 6) is 0. The predicted molar refractivity (Wildman–Crippen MR) is 129 cm³/mol. The molecule has 0 aliphatic heterocycles. The smallest absolute Gasteiger partial charge is 0.123 e. The molecular formula is C23H28ClN7O2. The lowest BCUT2D eigenvalue weighted by atomic mass is 10.1. The number of anilines is 1. The number of aliphatic hydroxyl groups is 1. The third-order valence-corrected chi connectivity index (χ3v) is 5.46. The van der Waals surface area contributed by atoms with Gasteiger partial charge in [-0.05, 0) is 54.8 Å². The Morgan fingerprint density at radius 2 is 1.85 bits per heavy atom. The Bertz CT molecular complexity index is 1150. The zero-order valence-corrected chi connectivity index (χ0v) is 19.1. The van der Waals surface area contributed by atoms with E-state index in [4.69, 9.17) is 16.3 Å². The van der Waals surface area contributed by atoms with Gasteiger partial charge in [-0.15, -0.1) is 10.2 Å². The van der Waals surface area contributed by atoms with Crippen LogP contribution in [0.5, 0.6) is 0 Å². The van der Waals surface area contributed by atoms with Crippen LogP contribution in [-0.2, 0) is 17.9 Å². The highest BCUT2D eigenvalue weighted by Crippen LogP contribution is 2.25. The van der Waals surface area contributed by atoms with Gasteiger partial charge in [0.2, 0.25) is 0 Å². The number of ether oxygens (including phenoxy) is 1. The van der Waals surface area contributed by atoms with E-state index in [1.54, 1.807) is 18.7 Å². The molecular weight excluding hydrogens is 442 g/mol. The molecule has 9 nitrogen and oxygen atoms in total. The van der Waals surface area contributed by atoms with Gasteiger partial charge in [0.1, 0.15) is 12.7 Å². The van der Waals surface area contributed by atoms with Crippen molar-refractivity contribution in [1.82, 2.24) is 30.3 Å². The van der Waals surface area contributed by atoms with Gasteiger partial charge in [0, 0.05) is 35.8 Å². The Hall–Kier alpha value is -2.98. The summed E-state index contributed by atoms with van der Waals surface area (Å²) in [6, 6.07) is 9.73. The van der Waals surface area contributed by atoms with Gasteiger partial charge in [0.15, 0.2) is 0 Å². The molecule has 174 valence electrons. The molecule has 2 heterocycles. The van der Waals surface area contributed by atoms with Gasteiger partial charge in [-0.25, -0.2) is 0 Å². The molecule has 4 aromatic rings. The lowest BCUT2D eigenvalue weighted by molar-refractivity contribution is 0.140. The first-order chi connectivity index (χ1) is 16.2. The van der Waals surface area contributed by atoms with Gasteiger partial charge >= 0.3 is 0 Å². The summed E-state index contributed by atoms with van der Waals surface area (Å²) in [5.41, 5.74) is 4.80. The highest BCUT2D eigenvalue weighted by atomic mass is 35.5. The molecule has 4 rings (SSSR count). The summed E-state index contributed by atoms with van der Waals surface area (Å²) in [6.07, 6.45) is 7.16. The van der Waals surface area contributed by atoms with Crippen molar-refractivity contribution in [1.29, 1.82) is 0 Å². The van der Waals surface area contributed by atoms with E-state index in [1.807, 2.05) is 29.0 Å². The fourth-order valence-electron chi connectivity index (χ4n) is 3.62. The number of aromatic nitrogens is 5. The summed E-state index contributed by atoms with van der Waals surface area (Å²) < 4.78 is 7.63. The molecule has 0 saturated heterocycles. The Morgan fingerprint density at radius 3 is 2.70 bits per heavy atom. The van der Waals surface area contributed by atoms with Gasteiger partial charge in [-0.2, -0.15) is 5.10 Å². The average molecular weight is 470 g/mol. The zero-order valence-electron chi connectivity index (χ0n) is 18.3. The number of hydrogen-bond donors (Lipinski definition) is 4. The summed E-state index contributed by atoms with van der Waals surface area (Å²) in [4.78, 5) is 0. The van der Waals surface area contributed by atoms with E-state index in [-0.39, 0.29) is 6.61 Å². The van der Waals surface area contributed by atoms with E-state index < -0.39 is 0 Å². The normalized spacial score (nSPS) is 11.3. The first-order valence-corrected chi connectivity index (χ1v) is 11.3. The summed E-state index contributed by atoms with van der Waals surface area (Å²) in [6.45, 7) is 3.67. The highest BCUT2D eigenvalue weighted by molar-refractivity contribution is 6.30. The molecule has 4 N–H and O–H groups in total. The van der Waals surface area contributed by atoms with Crippen LogP contribution < -0.4 is 10.6 Å². The monoisotopic (exact) mass is 469 g/mol. The van der Waals surface area contributed by atoms with Crippen LogP contribution >= 0.6 is 11.6 Å². The second-order valence-electron chi connectivity index (χ2n) is 7.74. The van der Waals surface area contributed by atoms with Crippen LogP contribution in [0.15, 0.2) is 49.2 Å². The molecule has 0 atom stereocenters. The molecule has 2 aromatic heterocycles. The fourth-order valence-corrected chi connectivity index (χ4v) is 3.90. The van der Waals surface area contributed by atoms with Crippen LogP contribution in [0.2, 0.25) is 5.02 Å². The molecule has 33 heavy (non-hydrogen) atoms. The fraction of sp³-hybridized carbons (Fsp3) is 0.348. The van der Waals surface area contributed by atoms with Crippen molar-refractivity contribution in [2.24, 2.45) is 0 Å². The van der Waals surface area contributed by atoms with Gasteiger partial charge < -0.3 is 20.5 Å². The van der Waals surface area contributed by atoms with Crippen molar-refractivity contribution in [3.05, 3.63) is 65.3 Å². The number of aliphatic hydroxyl groups excluding tert-OH is 1. The number of benzene rings is 2. The number of aromatic amines is 1. The molecule has 2 aromatic carbocycles. The third kappa shape index (κ3) is 6.52. The average Bonchev–Trinajstić information content (AvgIpc) is 3.52. The van der Waals surface area contributed by atoms with Crippen LogP contribution in [0.3, 0.4) is 0 Å². The van der Waals surface area contributed by atoms with Crippen molar-refractivity contribution < 1.29 is 9.84 Å². The van der Waals surface area contributed by atoms with E-state index in [0.29, 0.717) is 18.2 Å². The Balaban J connectivity index is 1.12. The number of rotatable bonds is 13.